The molecule has 1 aliphatic heterocycles. The lowest BCUT2D eigenvalue weighted by molar-refractivity contribution is 0.0774. The van der Waals surface area contributed by atoms with Gasteiger partial charge in [0.05, 0.1) is 6.10 Å². The standard InChI is InChI=1S/C17H21N3O2/c1-2-15-18-19-16(22-15)20-9-7-17(8-10-20)13-6-4-3-5-12(13)11-14(17)21/h3-6,14,21H,2,7-11H2,1H3. The van der Waals surface area contributed by atoms with Crippen molar-refractivity contribution in [3.8, 4) is 0 Å². The van der Waals surface area contributed by atoms with Gasteiger partial charge in [-0.15, -0.1) is 5.10 Å². The number of nitrogens with zero attached hydrogens (tertiary/aromatic N) is 3. The first-order chi connectivity index (χ1) is 10.7. The summed E-state index contributed by atoms with van der Waals surface area (Å²) in [6.07, 6.45) is 3.11. The van der Waals surface area contributed by atoms with Gasteiger partial charge in [-0.1, -0.05) is 36.3 Å². The van der Waals surface area contributed by atoms with Crippen LogP contribution in [0.4, 0.5) is 6.01 Å². The Morgan fingerprint density at radius 3 is 2.77 bits per heavy atom. The van der Waals surface area contributed by atoms with Crippen LogP contribution in [0.3, 0.4) is 0 Å². The smallest absolute Gasteiger partial charge is 0.318 e. The number of hydrogen-bond acceptors (Lipinski definition) is 5. The van der Waals surface area contributed by atoms with Crippen molar-refractivity contribution in [2.24, 2.45) is 0 Å². The molecule has 0 radical (unpaired) electrons. The van der Waals surface area contributed by atoms with Crippen molar-refractivity contribution in [3.05, 3.63) is 41.3 Å². The van der Waals surface area contributed by atoms with Crippen LogP contribution in [0.25, 0.3) is 0 Å². The average Bonchev–Trinajstić information content (AvgIpc) is 3.13. The van der Waals surface area contributed by atoms with E-state index in [0.29, 0.717) is 11.9 Å². The Morgan fingerprint density at radius 2 is 2.05 bits per heavy atom. The molecule has 2 aromatic rings. The molecule has 0 amide bonds. The summed E-state index contributed by atoms with van der Waals surface area (Å²) in [5.41, 5.74) is 2.54. The summed E-state index contributed by atoms with van der Waals surface area (Å²) >= 11 is 0. The Balaban J connectivity index is 1.56. The largest absolute Gasteiger partial charge is 0.408 e. The normalized spacial score (nSPS) is 23.0. The van der Waals surface area contributed by atoms with Crippen LogP contribution < -0.4 is 4.90 Å². The summed E-state index contributed by atoms with van der Waals surface area (Å²) < 4.78 is 5.66. The minimum atomic E-state index is -0.277. The van der Waals surface area contributed by atoms with Gasteiger partial charge in [-0.2, -0.15) is 0 Å². The van der Waals surface area contributed by atoms with E-state index in [0.717, 1.165) is 38.8 Å². The van der Waals surface area contributed by atoms with E-state index in [2.05, 4.69) is 39.4 Å². The molecule has 1 unspecified atom stereocenters. The van der Waals surface area contributed by atoms with E-state index in [1.54, 1.807) is 0 Å². The minimum absolute atomic E-state index is 0.0965. The average molecular weight is 299 g/mol. The van der Waals surface area contributed by atoms with Crippen molar-refractivity contribution in [2.45, 2.75) is 44.1 Å². The van der Waals surface area contributed by atoms with Crippen LogP contribution in [-0.4, -0.2) is 34.5 Å². The summed E-state index contributed by atoms with van der Waals surface area (Å²) in [6.45, 7) is 3.70. The maximum absolute atomic E-state index is 10.7. The quantitative estimate of drug-likeness (QED) is 0.920. The lowest BCUT2D eigenvalue weighted by atomic mass is 9.72. The lowest BCUT2D eigenvalue weighted by Gasteiger charge is -2.41. The van der Waals surface area contributed by atoms with E-state index in [-0.39, 0.29) is 11.5 Å². The van der Waals surface area contributed by atoms with Crippen molar-refractivity contribution >= 4 is 6.01 Å². The number of aryl methyl sites for hydroxylation is 1. The molecule has 0 bridgehead atoms. The Bertz CT molecular complexity index is 674. The molecule has 1 N–H and O–H groups in total. The van der Waals surface area contributed by atoms with Gasteiger partial charge in [-0.25, -0.2) is 0 Å². The predicted octanol–water partition coefficient (Wildman–Crippen LogP) is 2.09. The van der Waals surface area contributed by atoms with Crippen molar-refractivity contribution in [1.29, 1.82) is 0 Å². The summed E-state index contributed by atoms with van der Waals surface area (Å²) in [4.78, 5) is 2.14. The topological polar surface area (TPSA) is 62.4 Å². The van der Waals surface area contributed by atoms with E-state index in [1.807, 2.05) is 6.92 Å². The Labute approximate surface area is 130 Å². The highest BCUT2D eigenvalue weighted by Gasteiger charge is 2.47. The molecular weight excluding hydrogens is 278 g/mol. The monoisotopic (exact) mass is 299 g/mol. The van der Waals surface area contributed by atoms with E-state index in [9.17, 15) is 5.11 Å². The first kappa shape index (κ1) is 13.8. The van der Waals surface area contributed by atoms with Gasteiger partial charge >= 0.3 is 6.01 Å². The van der Waals surface area contributed by atoms with Gasteiger partial charge in [0.1, 0.15) is 0 Å². The first-order valence-corrected chi connectivity index (χ1v) is 8.07. The Kier molecular flexibility index (Phi) is 3.18. The van der Waals surface area contributed by atoms with Gasteiger partial charge in [-0.05, 0) is 30.4 Å². The zero-order valence-electron chi connectivity index (χ0n) is 12.8. The zero-order valence-corrected chi connectivity index (χ0v) is 12.8. The second-order valence-electron chi connectivity index (χ2n) is 6.35. The number of piperidine rings is 1. The van der Waals surface area contributed by atoms with Crippen LogP contribution >= 0.6 is 0 Å². The van der Waals surface area contributed by atoms with Crippen molar-refractivity contribution in [3.63, 3.8) is 0 Å². The molecule has 1 aromatic carbocycles. The van der Waals surface area contributed by atoms with Crippen molar-refractivity contribution < 1.29 is 9.52 Å². The maximum Gasteiger partial charge on any atom is 0.318 e. The molecule has 116 valence electrons. The van der Waals surface area contributed by atoms with E-state index >= 15 is 0 Å². The number of aliphatic hydroxyl groups is 1. The summed E-state index contributed by atoms with van der Waals surface area (Å²) in [6, 6.07) is 9.09. The predicted molar refractivity (Wildman–Crippen MR) is 83.0 cm³/mol. The van der Waals surface area contributed by atoms with Crippen LogP contribution in [0.2, 0.25) is 0 Å². The molecule has 1 atom stereocenters. The summed E-state index contributed by atoms with van der Waals surface area (Å²) in [7, 11) is 0. The fourth-order valence-corrected chi connectivity index (χ4v) is 3.98. The fraction of sp³-hybridized carbons (Fsp3) is 0.529. The first-order valence-electron chi connectivity index (χ1n) is 8.07. The molecule has 2 heterocycles. The zero-order chi connectivity index (χ0) is 15.2. The molecule has 1 aliphatic carbocycles. The van der Waals surface area contributed by atoms with Gasteiger partial charge < -0.3 is 14.4 Å². The Morgan fingerprint density at radius 1 is 1.27 bits per heavy atom. The second-order valence-corrected chi connectivity index (χ2v) is 6.35. The third-order valence-corrected chi connectivity index (χ3v) is 5.29. The third kappa shape index (κ3) is 1.96. The minimum Gasteiger partial charge on any atom is -0.408 e. The van der Waals surface area contributed by atoms with Crippen molar-refractivity contribution in [2.75, 3.05) is 18.0 Å². The molecule has 5 heteroatoms. The molecule has 1 aromatic heterocycles. The van der Waals surface area contributed by atoms with E-state index < -0.39 is 0 Å². The van der Waals surface area contributed by atoms with Gasteiger partial charge in [0.15, 0.2) is 0 Å². The molecule has 0 saturated carbocycles. The number of anilines is 1. The highest BCUT2D eigenvalue weighted by molar-refractivity contribution is 5.43. The number of benzene rings is 1. The van der Waals surface area contributed by atoms with Crippen LogP contribution in [0.1, 0.15) is 36.8 Å². The molecule has 1 saturated heterocycles. The van der Waals surface area contributed by atoms with Gasteiger partial charge in [0.25, 0.3) is 0 Å². The maximum atomic E-state index is 10.7. The number of fused-ring (bicyclic) bond motifs is 2. The van der Waals surface area contributed by atoms with Gasteiger partial charge in [-0.3, -0.25) is 0 Å². The number of aliphatic hydroxyl groups excluding tert-OH is 1. The van der Waals surface area contributed by atoms with E-state index in [1.165, 1.54) is 11.1 Å². The SMILES string of the molecule is CCc1nnc(N2CCC3(CC2)c2ccccc2CC3O)o1. The van der Waals surface area contributed by atoms with Gasteiger partial charge in [0, 0.05) is 24.9 Å². The number of rotatable bonds is 2. The number of hydrogen-bond donors (Lipinski definition) is 1. The lowest BCUT2D eigenvalue weighted by Crippen LogP contribution is -2.47. The van der Waals surface area contributed by atoms with E-state index in [4.69, 9.17) is 4.42 Å². The molecule has 22 heavy (non-hydrogen) atoms. The molecule has 2 aliphatic rings. The summed E-state index contributed by atoms with van der Waals surface area (Å²) in [5.74, 6) is 0.682. The molecule has 5 nitrogen and oxygen atoms in total. The molecular formula is C17H21N3O2. The highest BCUT2D eigenvalue weighted by Crippen LogP contribution is 2.46. The van der Waals surface area contributed by atoms with Crippen molar-refractivity contribution in [1.82, 2.24) is 10.2 Å². The molecule has 1 spiro atoms. The summed E-state index contributed by atoms with van der Waals surface area (Å²) in [5, 5.41) is 18.8. The van der Waals surface area contributed by atoms with Crippen LogP contribution in [0, 0.1) is 0 Å². The highest BCUT2D eigenvalue weighted by atomic mass is 16.4. The molecule has 4 rings (SSSR count). The van der Waals surface area contributed by atoms with Gasteiger partial charge in [0.2, 0.25) is 5.89 Å². The fourth-order valence-electron chi connectivity index (χ4n) is 3.98. The van der Waals surface area contributed by atoms with Crippen LogP contribution in [-0.2, 0) is 18.3 Å². The van der Waals surface area contributed by atoms with Crippen LogP contribution in [0.15, 0.2) is 28.7 Å². The molecule has 1 fully saturated rings. The van der Waals surface area contributed by atoms with Crippen LogP contribution in [0.5, 0.6) is 0 Å². The number of aromatic nitrogens is 2. The third-order valence-electron chi connectivity index (χ3n) is 5.29. The Hall–Kier alpha value is -1.88. The second kappa shape index (κ2) is 5.09.